The monoisotopic (exact) mass is 305 g/mol. The lowest BCUT2D eigenvalue weighted by Gasteiger charge is -2.12. The van der Waals surface area contributed by atoms with Crippen LogP contribution < -0.4 is 5.32 Å². The molecule has 0 radical (unpaired) electrons. The van der Waals surface area contributed by atoms with Crippen LogP contribution in [0, 0.1) is 0 Å². The summed E-state index contributed by atoms with van der Waals surface area (Å²) in [5.74, 6) is 0.991. The Kier molecular flexibility index (Phi) is 5.17. The van der Waals surface area contributed by atoms with Gasteiger partial charge in [-0.25, -0.2) is 0 Å². The maximum Gasteiger partial charge on any atom is 0.0481 e. The third kappa shape index (κ3) is 4.15. The van der Waals surface area contributed by atoms with E-state index in [0.29, 0.717) is 0 Å². The van der Waals surface area contributed by atoms with Gasteiger partial charge in [0.05, 0.1) is 0 Å². The van der Waals surface area contributed by atoms with Crippen LogP contribution in [0.25, 0.3) is 0 Å². The summed E-state index contributed by atoms with van der Waals surface area (Å²) in [4.78, 5) is 1.29. The average molecular weight is 305 g/mol. The highest BCUT2D eigenvalue weighted by Crippen LogP contribution is 2.30. The van der Waals surface area contributed by atoms with Crippen molar-refractivity contribution in [2.24, 2.45) is 0 Å². The summed E-state index contributed by atoms with van der Waals surface area (Å²) in [7, 11) is 0. The van der Waals surface area contributed by atoms with Crippen molar-refractivity contribution < 1.29 is 0 Å². The molecule has 0 unspecified atom stereocenters. The van der Waals surface area contributed by atoms with Crippen LogP contribution in [0.2, 0.25) is 0 Å². The highest BCUT2D eigenvalue weighted by atomic mass is 32.2. The molecular formula is C20H19NS. The number of rotatable bonds is 6. The summed E-state index contributed by atoms with van der Waals surface area (Å²) in [6, 6.07) is 29.6. The van der Waals surface area contributed by atoms with Crippen molar-refractivity contribution in [1.29, 1.82) is 0 Å². The molecule has 0 fully saturated rings. The molecule has 0 aliphatic rings. The number of thioether (sulfide) groups is 1. The van der Waals surface area contributed by atoms with Crippen LogP contribution in [0.3, 0.4) is 0 Å². The number of para-hydroxylation sites is 1. The van der Waals surface area contributed by atoms with Gasteiger partial charge >= 0.3 is 0 Å². The van der Waals surface area contributed by atoms with Crippen molar-refractivity contribution >= 4 is 17.4 Å². The number of hydrogen-bond acceptors (Lipinski definition) is 2. The molecule has 3 rings (SSSR count). The van der Waals surface area contributed by atoms with Gasteiger partial charge in [0.1, 0.15) is 0 Å². The minimum Gasteiger partial charge on any atom is -0.380 e. The normalized spacial score (nSPS) is 10.4. The predicted molar refractivity (Wildman–Crippen MR) is 96.2 cm³/mol. The molecule has 0 atom stereocenters. The number of anilines is 1. The Morgan fingerprint density at radius 2 is 1.23 bits per heavy atom. The predicted octanol–water partition coefficient (Wildman–Crippen LogP) is 5.59. The summed E-state index contributed by atoms with van der Waals surface area (Å²) in [6.07, 6.45) is 0. The van der Waals surface area contributed by atoms with E-state index in [-0.39, 0.29) is 0 Å². The maximum atomic E-state index is 3.54. The van der Waals surface area contributed by atoms with Crippen LogP contribution in [0.15, 0.2) is 89.8 Å². The third-order valence-corrected chi connectivity index (χ3v) is 4.59. The Hall–Kier alpha value is -2.19. The van der Waals surface area contributed by atoms with Crippen molar-refractivity contribution in [1.82, 2.24) is 0 Å². The summed E-state index contributed by atoms with van der Waals surface area (Å²) in [5, 5.41) is 3.54. The summed E-state index contributed by atoms with van der Waals surface area (Å²) >= 11 is 1.87. The molecule has 1 N–H and O–H groups in total. The summed E-state index contributed by atoms with van der Waals surface area (Å²) in [6.45, 7) is 0.851. The van der Waals surface area contributed by atoms with Gasteiger partial charge in [-0.3, -0.25) is 0 Å². The Labute approximate surface area is 136 Å². The lowest BCUT2D eigenvalue weighted by atomic mass is 10.2. The first-order valence-corrected chi connectivity index (χ1v) is 8.44. The highest BCUT2D eigenvalue weighted by Gasteiger charge is 2.03. The molecule has 0 saturated heterocycles. The lowest BCUT2D eigenvalue weighted by Crippen LogP contribution is -2.00. The SMILES string of the molecule is c1ccc(CNc2ccccc2SCc2ccccc2)cc1. The molecule has 2 heteroatoms. The lowest BCUT2D eigenvalue weighted by molar-refractivity contribution is 1.13. The van der Waals surface area contributed by atoms with E-state index < -0.39 is 0 Å². The molecule has 0 aliphatic heterocycles. The van der Waals surface area contributed by atoms with Gasteiger partial charge in [-0.2, -0.15) is 0 Å². The molecule has 1 nitrogen and oxygen atoms in total. The second-order valence-electron chi connectivity index (χ2n) is 5.11. The third-order valence-electron chi connectivity index (χ3n) is 3.45. The zero-order valence-electron chi connectivity index (χ0n) is 12.4. The molecule has 0 saturated carbocycles. The molecule has 110 valence electrons. The van der Waals surface area contributed by atoms with E-state index in [1.807, 2.05) is 17.8 Å². The zero-order valence-corrected chi connectivity index (χ0v) is 13.2. The Balaban J connectivity index is 1.65. The van der Waals surface area contributed by atoms with Crippen LogP contribution in [0.5, 0.6) is 0 Å². The van der Waals surface area contributed by atoms with Gasteiger partial charge < -0.3 is 5.32 Å². The molecule has 3 aromatic carbocycles. The quantitative estimate of drug-likeness (QED) is 0.596. The molecule has 22 heavy (non-hydrogen) atoms. The number of benzene rings is 3. The van der Waals surface area contributed by atoms with Gasteiger partial charge in [0.2, 0.25) is 0 Å². The van der Waals surface area contributed by atoms with E-state index in [1.165, 1.54) is 21.7 Å². The van der Waals surface area contributed by atoms with Crippen LogP contribution in [-0.4, -0.2) is 0 Å². The van der Waals surface area contributed by atoms with E-state index in [0.717, 1.165) is 12.3 Å². The second kappa shape index (κ2) is 7.71. The van der Waals surface area contributed by atoms with Crippen LogP contribution in [0.4, 0.5) is 5.69 Å². The van der Waals surface area contributed by atoms with Crippen molar-refractivity contribution in [3.05, 3.63) is 96.1 Å². The van der Waals surface area contributed by atoms with Crippen LogP contribution in [-0.2, 0) is 12.3 Å². The maximum absolute atomic E-state index is 3.54. The van der Waals surface area contributed by atoms with Gasteiger partial charge in [0.25, 0.3) is 0 Å². The zero-order chi connectivity index (χ0) is 15.0. The van der Waals surface area contributed by atoms with Crippen molar-refractivity contribution in [3.63, 3.8) is 0 Å². The van der Waals surface area contributed by atoms with Crippen LogP contribution >= 0.6 is 11.8 Å². The van der Waals surface area contributed by atoms with E-state index in [1.54, 1.807) is 0 Å². The Bertz CT molecular complexity index is 633. The Morgan fingerprint density at radius 1 is 0.636 bits per heavy atom. The minimum atomic E-state index is 0.851. The smallest absolute Gasteiger partial charge is 0.0481 e. The standard InChI is InChI=1S/C20H19NS/c1-3-9-17(10-4-1)15-21-19-13-7-8-14-20(19)22-16-18-11-5-2-6-12-18/h1-14,21H,15-16H2. The van der Waals surface area contributed by atoms with Gasteiger partial charge in [-0.05, 0) is 23.3 Å². The number of hydrogen-bond donors (Lipinski definition) is 1. The topological polar surface area (TPSA) is 12.0 Å². The van der Waals surface area contributed by atoms with E-state index >= 15 is 0 Å². The molecule has 0 spiro atoms. The van der Waals surface area contributed by atoms with Gasteiger partial charge in [-0.15, -0.1) is 11.8 Å². The van der Waals surface area contributed by atoms with Crippen LogP contribution in [0.1, 0.15) is 11.1 Å². The van der Waals surface area contributed by atoms with E-state index in [2.05, 4.69) is 84.2 Å². The Morgan fingerprint density at radius 3 is 1.95 bits per heavy atom. The molecule has 0 aromatic heterocycles. The van der Waals surface area contributed by atoms with Gasteiger partial charge in [0, 0.05) is 22.9 Å². The van der Waals surface area contributed by atoms with Gasteiger partial charge in [-0.1, -0.05) is 72.8 Å². The highest BCUT2D eigenvalue weighted by molar-refractivity contribution is 7.98. The molecule has 0 heterocycles. The van der Waals surface area contributed by atoms with E-state index in [9.17, 15) is 0 Å². The minimum absolute atomic E-state index is 0.851. The summed E-state index contributed by atoms with van der Waals surface area (Å²) < 4.78 is 0. The fourth-order valence-corrected chi connectivity index (χ4v) is 3.25. The molecular weight excluding hydrogens is 286 g/mol. The number of nitrogens with one attached hydrogen (secondary N) is 1. The fourth-order valence-electron chi connectivity index (χ4n) is 2.27. The molecule has 0 aliphatic carbocycles. The second-order valence-corrected chi connectivity index (χ2v) is 6.13. The molecule has 0 amide bonds. The largest absolute Gasteiger partial charge is 0.380 e. The molecule has 0 bridgehead atoms. The first-order chi connectivity index (χ1) is 10.9. The fraction of sp³-hybridized carbons (Fsp3) is 0.100. The van der Waals surface area contributed by atoms with Crippen molar-refractivity contribution in [3.8, 4) is 0 Å². The van der Waals surface area contributed by atoms with E-state index in [4.69, 9.17) is 0 Å². The summed E-state index contributed by atoms with van der Waals surface area (Å²) in [5.41, 5.74) is 3.85. The van der Waals surface area contributed by atoms with Crippen molar-refractivity contribution in [2.75, 3.05) is 5.32 Å². The first kappa shape index (κ1) is 14.7. The van der Waals surface area contributed by atoms with Crippen molar-refractivity contribution in [2.45, 2.75) is 17.2 Å². The van der Waals surface area contributed by atoms with Gasteiger partial charge in [0.15, 0.2) is 0 Å². The first-order valence-electron chi connectivity index (χ1n) is 7.45. The molecule has 3 aromatic rings. The average Bonchev–Trinajstić information content (AvgIpc) is 2.61.